The lowest BCUT2D eigenvalue weighted by Gasteiger charge is -2.45. The highest BCUT2D eigenvalue weighted by atomic mass is 35.5. The number of nitrogens with zero attached hydrogens (tertiary/aromatic N) is 1. The summed E-state index contributed by atoms with van der Waals surface area (Å²) in [7, 11) is -3.74. The Morgan fingerprint density at radius 2 is 1.86 bits per heavy atom. The highest BCUT2D eigenvalue weighted by molar-refractivity contribution is 7.89. The van der Waals surface area contributed by atoms with Crippen LogP contribution in [0.3, 0.4) is 0 Å². The van der Waals surface area contributed by atoms with Crippen LogP contribution in [0.5, 0.6) is 0 Å². The number of halogens is 1. The second-order valence-corrected chi connectivity index (χ2v) is 10.8. The van der Waals surface area contributed by atoms with Crippen LogP contribution in [0.25, 0.3) is 0 Å². The van der Waals surface area contributed by atoms with Gasteiger partial charge < -0.3 is 10.1 Å². The maximum Gasteiger partial charge on any atom is 0.251 e. The molecular formula is C20H30ClN3O4S. The Morgan fingerprint density at radius 1 is 1.24 bits per heavy atom. The van der Waals surface area contributed by atoms with Crippen LogP contribution in [-0.4, -0.2) is 62.6 Å². The third-order valence-electron chi connectivity index (χ3n) is 5.34. The topological polar surface area (TPSA) is 87.7 Å². The second-order valence-electron chi connectivity index (χ2n) is 8.70. The standard InChI is InChI=1S/C20H30ClN3O4S/c1-13-10-24(11-14(2)28-13)20(3,4)12-22-19(25)15-5-8-17(21)18(9-15)29(26,27)23-16-6-7-16/h5,8-9,13-14,16,23H,6-7,10-12H2,1-4H3,(H,22,25)/t13-,14-/m1/s1. The molecule has 29 heavy (non-hydrogen) atoms. The molecule has 2 aliphatic rings. The molecule has 1 aromatic rings. The lowest BCUT2D eigenvalue weighted by molar-refractivity contribution is -0.0948. The summed E-state index contributed by atoms with van der Waals surface area (Å²) in [5.41, 5.74) is 0.00155. The number of ether oxygens (including phenoxy) is 1. The molecule has 0 aromatic heterocycles. The summed E-state index contributed by atoms with van der Waals surface area (Å²) in [5, 5.41) is 3.04. The Balaban J connectivity index is 1.68. The van der Waals surface area contributed by atoms with Crippen LogP contribution in [0.2, 0.25) is 5.02 Å². The van der Waals surface area contributed by atoms with Crippen LogP contribution in [0.4, 0.5) is 0 Å². The molecule has 3 rings (SSSR count). The van der Waals surface area contributed by atoms with E-state index in [9.17, 15) is 13.2 Å². The van der Waals surface area contributed by atoms with E-state index in [1.165, 1.54) is 12.1 Å². The molecule has 0 spiro atoms. The van der Waals surface area contributed by atoms with Crippen molar-refractivity contribution in [1.82, 2.24) is 14.9 Å². The predicted molar refractivity (Wildman–Crippen MR) is 113 cm³/mol. The maximum absolute atomic E-state index is 12.7. The van der Waals surface area contributed by atoms with Crippen molar-refractivity contribution in [3.63, 3.8) is 0 Å². The van der Waals surface area contributed by atoms with Gasteiger partial charge in [-0.3, -0.25) is 9.69 Å². The van der Waals surface area contributed by atoms with Crippen LogP contribution in [0.1, 0.15) is 50.9 Å². The number of carbonyl (C=O) groups excluding carboxylic acids is 1. The average Bonchev–Trinajstić information content (AvgIpc) is 3.42. The SMILES string of the molecule is C[C@@H]1CN(C(C)(C)CNC(=O)c2ccc(Cl)c(S(=O)(=O)NC3CC3)c2)C[C@@H](C)O1. The van der Waals surface area contributed by atoms with Crippen molar-refractivity contribution in [1.29, 1.82) is 0 Å². The molecular weight excluding hydrogens is 414 g/mol. The fraction of sp³-hybridized carbons (Fsp3) is 0.650. The molecule has 0 radical (unpaired) electrons. The normalized spacial score (nSPS) is 23.8. The van der Waals surface area contributed by atoms with Crippen molar-refractivity contribution in [2.45, 2.75) is 69.2 Å². The van der Waals surface area contributed by atoms with Gasteiger partial charge in [-0.05, 0) is 58.7 Å². The molecule has 2 fully saturated rings. The van der Waals surface area contributed by atoms with Gasteiger partial charge in [0, 0.05) is 36.8 Å². The molecule has 162 valence electrons. The lowest BCUT2D eigenvalue weighted by atomic mass is 10.00. The molecule has 1 aliphatic carbocycles. The van der Waals surface area contributed by atoms with E-state index in [0.29, 0.717) is 6.54 Å². The van der Waals surface area contributed by atoms with Gasteiger partial charge in [-0.25, -0.2) is 13.1 Å². The van der Waals surface area contributed by atoms with Crippen LogP contribution < -0.4 is 10.0 Å². The highest BCUT2D eigenvalue weighted by Crippen LogP contribution is 2.27. The third-order valence-corrected chi connectivity index (χ3v) is 7.34. The number of sulfonamides is 1. The molecule has 0 unspecified atom stereocenters. The number of benzene rings is 1. The van der Waals surface area contributed by atoms with E-state index in [0.717, 1.165) is 25.9 Å². The second kappa shape index (κ2) is 8.51. The van der Waals surface area contributed by atoms with E-state index in [1.807, 2.05) is 13.8 Å². The quantitative estimate of drug-likeness (QED) is 0.675. The van der Waals surface area contributed by atoms with Crippen LogP contribution in [-0.2, 0) is 14.8 Å². The van der Waals surface area contributed by atoms with Gasteiger partial charge in [0.15, 0.2) is 0 Å². The summed E-state index contributed by atoms with van der Waals surface area (Å²) < 4.78 is 33.4. The number of carbonyl (C=O) groups is 1. The van der Waals surface area contributed by atoms with Crippen molar-refractivity contribution in [3.05, 3.63) is 28.8 Å². The number of morpholine rings is 1. The van der Waals surface area contributed by atoms with E-state index in [1.54, 1.807) is 6.07 Å². The van der Waals surface area contributed by atoms with E-state index < -0.39 is 10.0 Å². The first-order chi connectivity index (χ1) is 13.5. The largest absolute Gasteiger partial charge is 0.373 e. The summed E-state index contributed by atoms with van der Waals surface area (Å²) in [4.78, 5) is 15.0. The highest BCUT2D eigenvalue weighted by Gasteiger charge is 2.34. The van der Waals surface area contributed by atoms with E-state index in [4.69, 9.17) is 16.3 Å². The van der Waals surface area contributed by atoms with Gasteiger partial charge in [0.1, 0.15) is 4.90 Å². The van der Waals surface area contributed by atoms with Crippen molar-refractivity contribution in [2.24, 2.45) is 0 Å². The Labute approximate surface area is 178 Å². The Hall–Kier alpha value is -1.19. The minimum absolute atomic E-state index is 0.0346. The first-order valence-electron chi connectivity index (χ1n) is 9.98. The first-order valence-corrected chi connectivity index (χ1v) is 11.8. The van der Waals surface area contributed by atoms with E-state index in [-0.39, 0.29) is 45.2 Å². The first kappa shape index (κ1) is 22.5. The van der Waals surface area contributed by atoms with Gasteiger partial charge in [-0.1, -0.05) is 11.6 Å². The minimum atomic E-state index is -3.74. The summed E-state index contributed by atoms with van der Waals surface area (Å²) in [5.74, 6) is -0.327. The monoisotopic (exact) mass is 443 g/mol. The zero-order valence-corrected chi connectivity index (χ0v) is 18.9. The maximum atomic E-state index is 12.7. The number of rotatable bonds is 7. The van der Waals surface area contributed by atoms with E-state index >= 15 is 0 Å². The summed E-state index contributed by atoms with van der Waals surface area (Å²) in [6, 6.07) is 4.30. The molecule has 1 aliphatic heterocycles. The molecule has 1 saturated carbocycles. The number of hydrogen-bond donors (Lipinski definition) is 2. The van der Waals surface area contributed by atoms with E-state index in [2.05, 4.69) is 28.8 Å². The van der Waals surface area contributed by atoms with Gasteiger partial charge in [0.05, 0.1) is 17.2 Å². The van der Waals surface area contributed by atoms with Gasteiger partial charge in [0.25, 0.3) is 5.91 Å². The lowest BCUT2D eigenvalue weighted by Crippen LogP contribution is -2.58. The molecule has 1 heterocycles. The van der Waals surface area contributed by atoms with Gasteiger partial charge >= 0.3 is 0 Å². The molecule has 1 aromatic carbocycles. The number of nitrogens with one attached hydrogen (secondary N) is 2. The van der Waals surface area contributed by atoms with Crippen LogP contribution >= 0.6 is 11.6 Å². The van der Waals surface area contributed by atoms with Gasteiger partial charge in [0.2, 0.25) is 10.0 Å². The fourth-order valence-electron chi connectivity index (χ4n) is 3.52. The number of hydrogen-bond acceptors (Lipinski definition) is 5. The number of amides is 1. The molecule has 7 nitrogen and oxygen atoms in total. The summed E-state index contributed by atoms with van der Waals surface area (Å²) in [6.07, 6.45) is 1.92. The summed E-state index contributed by atoms with van der Waals surface area (Å²) >= 11 is 6.10. The molecule has 1 amide bonds. The summed E-state index contributed by atoms with van der Waals surface area (Å²) in [6.45, 7) is 10.3. The third kappa shape index (κ3) is 5.70. The molecule has 9 heteroatoms. The van der Waals surface area contributed by atoms with Crippen molar-refractivity contribution in [3.8, 4) is 0 Å². The van der Waals surface area contributed by atoms with Gasteiger partial charge in [-0.2, -0.15) is 0 Å². The predicted octanol–water partition coefficient (Wildman–Crippen LogP) is 2.40. The van der Waals surface area contributed by atoms with Crippen molar-refractivity contribution >= 4 is 27.5 Å². The molecule has 0 bridgehead atoms. The average molecular weight is 444 g/mol. The minimum Gasteiger partial charge on any atom is -0.373 e. The smallest absolute Gasteiger partial charge is 0.251 e. The fourth-order valence-corrected chi connectivity index (χ4v) is 5.35. The molecule has 1 saturated heterocycles. The Morgan fingerprint density at radius 3 is 2.45 bits per heavy atom. The van der Waals surface area contributed by atoms with Crippen molar-refractivity contribution in [2.75, 3.05) is 19.6 Å². The van der Waals surface area contributed by atoms with Crippen LogP contribution in [0.15, 0.2) is 23.1 Å². The Bertz CT molecular complexity index is 860. The molecule has 2 N–H and O–H groups in total. The zero-order valence-electron chi connectivity index (χ0n) is 17.4. The van der Waals surface area contributed by atoms with Gasteiger partial charge in [-0.15, -0.1) is 0 Å². The van der Waals surface area contributed by atoms with Crippen molar-refractivity contribution < 1.29 is 17.9 Å². The Kier molecular flexibility index (Phi) is 6.60. The molecule has 2 atom stereocenters. The zero-order chi connectivity index (χ0) is 21.4. The van der Waals surface area contributed by atoms with Crippen LogP contribution in [0, 0.1) is 0 Å².